The average Bonchev–Trinajstić information content (AvgIpc) is 2.53. The minimum absolute atomic E-state index is 0.158. The molecule has 0 saturated carbocycles. The summed E-state index contributed by atoms with van der Waals surface area (Å²) in [5.41, 5.74) is 1.49. The van der Waals surface area contributed by atoms with E-state index in [4.69, 9.17) is 0 Å². The fourth-order valence-electron chi connectivity index (χ4n) is 2.40. The van der Waals surface area contributed by atoms with E-state index in [9.17, 15) is 23.1 Å². The molecule has 1 atom stereocenters. The molecule has 2 aromatic rings. The number of aliphatic carboxylic acids is 1. The number of hydrogen-bond acceptors (Lipinski definition) is 4. The van der Waals surface area contributed by atoms with E-state index in [0.717, 1.165) is 11.8 Å². The number of carboxylic acid groups (broad SMARTS) is 1. The molecule has 25 heavy (non-hydrogen) atoms. The van der Waals surface area contributed by atoms with Crippen LogP contribution in [-0.2, 0) is 26.8 Å². The van der Waals surface area contributed by atoms with Crippen LogP contribution in [0, 0.1) is 0 Å². The van der Waals surface area contributed by atoms with Gasteiger partial charge in [0.1, 0.15) is 6.04 Å². The molecule has 0 unspecified atom stereocenters. The van der Waals surface area contributed by atoms with E-state index >= 15 is 0 Å². The van der Waals surface area contributed by atoms with Crippen molar-refractivity contribution in [1.29, 1.82) is 0 Å². The number of carbonyl (C=O) groups is 2. The van der Waals surface area contributed by atoms with E-state index < -0.39 is 27.8 Å². The number of nitrogens with one attached hydrogen (secondary N) is 1. The summed E-state index contributed by atoms with van der Waals surface area (Å²) in [5, 5.41) is 11.8. The van der Waals surface area contributed by atoms with Gasteiger partial charge in [-0.2, -0.15) is 0 Å². The molecule has 0 spiro atoms. The number of hydrogen-bond donors (Lipinski definition) is 2. The lowest BCUT2D eigenvalue weighted by molar-refractivity contribution is -0.139. The standard InChI is InChI=1S/C18H19NO5S/c1-25(23,24)12-14-8-5-9-15(10-14)17(20)19-16(18(21)22)11-13-6-3-2-4-7-13/h2-10,16H,11-12H2,1H3,(H,19,20)(H,21,22)/t16-/m0/s1. The number of sulfone groups is 1. The number of carbonyl (C=O) groups excluding carboxylic acids is 1. The van der Waals surface area contributed by atoms with Crippen molar-refractivity contribution in [2.75, 3.05) is 6.26 Å². The fraction of sp³-hybridized carbons (Fsp3) is 0.222. The van der Waals surface area contributed by atoms with Gasteiger partial charge in [0.05, 0.1) is 5.75 Å². The Balaban J connectivity index is 2.13. The quantitative estimate of drug-likeness (QED) is 0.781. The zero-order valence-electron chi connectivity index (χ0n) is 13.7. The third-order valence-corrected chi connectivity index (χ3v) is 4.36. The molecule has 0 aliphatic carbocycles. The van der Waals surface area contributed by atoms with Crippen molar-refractivity contribution in [3.63, 3.8) is 0 Å². The van der Waals surface area contributed by atoms with Crippen molar-refractivity contribution < 1.29 is 23.1 Å². The van der Waals surface area contributed by atoms with E-state index in [2.05, 4.69) is 5.32 Å². The maximum Gasteiger partial charge on any atom is 0.326 e. The van der Waals surface area contributed by atoms with Crippen LogP contribution in [0.4, 0.5) is 0 Å². The molecular formula is C18H19NO5S. The zero-order chi connectivity index (χ0) is 18.4. The average molecular weight is 361 g/mol. The second kappa shape index (κ2) is 7.94. The summed E-state index contributed by atoms with van der Waals surface area (Å²) < 4.78 is 22.7. The first kappa shape index (κ1) is 18.7. The number of benzene rings is 2. The van der Waals surface area contributed by atoms with Gasteiger partial charge in [-0.05, 0) is 23.3 Å². The van der Waals surface area contributed by atoms with Gasteiger partial charge in [0.2, 0.25) is 0 Å². The highest BCUT2D eigenvalue weighted by atomic mass is 32.2. The molecule has 0 bridgehead atoms. The van der Waals surface area contributed by atoms with Gasteiger partial charge in [-0.15, -0.1) is 0 Å². The van der Waals surface area contributed by atoms with Crippen LogP contribution in [0.3, 0.4) is 0 Å². The number of amides is 1. The minimum Gasteiger partial charge on any atom is -0.480 e. The molecule has 0 aromatic heterocycles. The summed E-state index contributed by atoms with van der Waals surface area (Å²) in [7, 11) is -3.22. The van der Waals surface area contributed by atoms with Gasteiger partial charge in [-0.1, -0.05) is 42.5 Å². The monoisotopic (exact) mass is 361 g/mol. The minimum atomic E-state index is -3.22. The van der Waals surface area contributed by atoms with Crippen molar-refractivity contribution in [1.82, 2.24) is 5.32 Å². The van der Waals surface area contributed by atoms with Gasteiger partial charge in [0.25, 0.3) is 5.91 Å². The van der Waals surface area contributed by atoms with Gasteiger partial charge in [-0.25, -0.2) is 13.2 Å². The number of rotatable bonds is 7. The van der Waals surface area contributed by atoms with Crippen molar-refractivity contribution >= 4 is 21.7 Å². The van der Waals surface area contributed by atoms with Gasteiger partial charge < -0.3 is 10.4 Å². The first-order chi connectivity index (χ1) is 11.7. The van der Waals surface area contributed by atoms with Crippen molar-refractivity contribution in [2.24, 2.45) is 0 Å². The summed E-state index contributed by atoms with van der Waals surface area (Å²) in [6, 6.07) is 14.1. The zero-order valence-corrected chi connectivity index (χ0v) is 14.5. The molecule has 0 aliphatic rings. The van der Waals surface area contributed by atoms with Gasteiger partial charge in [-0.3, -0.25) is 4.79 Å². The predicted octanol–water partition coefficient (Wildman–Crippen LogP) is 1.66. The highest BCUT2D eigenvalue weighted by Gasteiger charge is 2.21. The first-order valence-electron chi connectivity index (χ1n) is 7.59. The smallest absolute Gasteiger partial charge is 0.326 e. The summed E-state index contributed by atoms with van der Waals surface area (Å²) in [5.74, 6) is -1.87. The summed E-state index contributed by atoms with van der Waals surface area (Å²) in [4.78, 5) is 23.8. The van der Waals surface area contributed by atoms with E-state index in [0.29, 0.717) is 5.56 Å². The Kier molecular flexibility index (Phi) is 5.93. The molecular weight excluding hydrogens is 342 g/mol. The van der Waals surface area contributed by atoms with Crippen LogP contribution in [0.2, 0.25) is 0 Å². The predicted molar refractivity (Wildman–Crippen MR) is 94.0 cm³/mol. The molecule has 7 heteroatoms. The van der Waals surface area contributed by atoms with Crippen molar-refractivity contribution in [3.05, 3.63) is 71.3 Å². The third kappa shape index (κ3) is 6.04. The summed E-state index contributed by atoms with van der Waals surface area (Å²) in [6.45, 7) is 0. The Morgan fingerprint density at radius 3 is 2.28 bits per heavy atom. The van der Waals surface area contributed by atoms with Crippen LogP contribution in [0.1, 0.15) is 21.5 Å². The molecule has 0 fully saturated rings. The highest BCUT2D eigenvalue weighted by Crippen LogP contribution is 2.10. The Bertz CT molecular complexity index is 862. The van der Waals surface area contributed by atoms with Gasteiger partial charge >= 0.3 is 5.97 Å². The second-order valence-electron chi connectivity index (χ2n) is 5.82. The molecule has 6 nitrogen and oxygen atoms in total. The topological polar surface area (TPSA) is 101 Å². The molecule has 0 saturated heterocycles. The molecule has 0 heterocycles. The largest absolute Gasteiger partial charge is 0.480 e. The maximum absolute atomic E-state index is 12.3. The van der Waals surface area contributed by atoms with Gasteiger partial charge in [0.15, 0.2) is 9.84 Å². The molecule has 2 rings (SSSR count). The lowest BCUT2D eigenvalue weighted by atomic mass is 10.1. The first-order valence-corrected chi connectivity index (χ1v) is 9.65. The van der Waals surface area contributed by atoms with Crippen LogP contribution < -0.4 is 5.32 Å². The van der Waals surface area contributed by atoms with Crippen LogP contribution in [0.15, 0.2) is 54.6 Å². The third-order valence-electron chi connectivity index (χ3n) is 3.50. The molecule has 1 amide bonds. The Morgan fingerprint density at radius 2 is 1.68 bits per heavy atom. The summed E-state index contributed by atoms with van der Waals surface area (Å²) in [6.07, 6.45) is 1.27. The van der Waals surface area contributed by atoms with E-state index in [1.165, 1.54) is 12.1 Å². The van der Waals surface area contributed by atoms with E-state index in [1.54, 1.807) is 36.4 Å². The van der Waals surface area contributed by atoms with Crippen LogP contribution in [-0.4, -0.2) is 37.7 Å². The Hall–Kier alpha value is -2.67. The Morgan fingerprint density at radius 1 is 1.04 bits per heavy atom. The van der Waals surface area contributed by atoms with E-state index in [1.807, 2.05) is 6.07 Å². The van der Waals surface area contributed by atoms with Gasteiger partial charge in [0, 0.05) is 18.2 Å². The highest BCUT2D eigenvalue weighted by molar-refractivity contribution is 7.89. The maximum atomic E-state index is 12.3. The normalized spacial score (nSPS) is 12.4. The SMILES string of the molecule is CS(=O)(=O)Cc1cccc(C(=O)N[C@@H](Cc2ccccc2)C(=O)O)c1. The lowest BCUT2D eigenvalue weighted by Crippen LogP contribution is -2.42. The number of carboxylic acids is 1. The molecule has 0 radical (unpaired) electrons. The molecule has 0 aliphatic heterocycles. The molecule has 2 aromatic carbocycles. The van der Waals surface area contributed by atoms with Crippen LogP contribution in [0.25, 0.3) is 0 Å². The van der Waals surface area contributed by atoms with Crippen LogP contribution in [0.5, 0.6) is 0 Å². The van der Waals surface area contributed by atoms with Crippen molar-refractivity contribution in [3.8, 4) is 0 Å². The van der Waals surface area contributed by atoms with Crippen molar-refractivity contribution in [2.45, 2.75) is 18.2 Å². The fourth-order valence-corrected chi connectivity index (χ4v) is 3.18. The molecule has 2 N–H and O–H groups in total. The lowest BCUT2D eigenvalue weighted by Gasteiger charge is -2.15. The van der Waals surface area contributed by atoms with E-state index in [-0.39, 0.29) is 17.7 Å². The van der Waals surface area contributed by atoms with Crippen LogP contribution >= 0.6 is 0 Å². The Labute approximate surface area is 146 Å². The summed E-state index contributed by atoms with van der Waals surface area (Å²) >= 11 is 0. The molecule has 132 valence electrons. The second-order valence-corrected chi connectivity index (χ2v) is 7.96.